The molecule has 0 bridgehead atoms. The summed E-state index contributed by atoms with van der Waals surface area (Å²) < 4.78 is 3.46. The third-order valence-electron chi connectivity index (χ3n) is 5.40. The van der Waals surface area contributed by atoms with E-state index in [1.165, 1.54) is 0 Å². The van der Waals surface area contributed by atoms with Gasteiger partial charge >= 0.3 is 0 Å². The Kier molecular flexibility index (Phi) is 7.12. The number of imidazole rings is 1. The van der Waals surface area contributed by atoms with Crippen molar-refractivity contribution in [3.63, 3.8) is 0 Å². The number of aryl methyl sites for hydroxylation is 2. The molecule has 0 radical (unpaired) electrons. The zero-order valence-electron chi connectivity index (χ0n) is 18.6. The highest BCUT2D eigenvalue weighted by Gasteiger charge is 2.15. The molecular formula is C26H22Cl2N4O2. The van der Waals surface area contributed by atoms with Crippen molar-refractivity contribution in [3.8, 4) is 11.3 Å². The third-order valence-corrected chi connectivity index (χ3v) is 5.86. The van der Waals surface area contributed by atoms with Crippen molar-refractivity contribution in [2.45, 2.75) is 6.10 Å². The molecule has 0 amide bonds. The van der Waals surface area contributed by atoms with Gasteiger partial charge in [0.15, 0.2) is 0 Å². The lowest BCUT2D eigenvalue weighted by Crippen LogP contribution is -2.16. The standard InChI is InChI=1S/C22H16Cl2N2O2.C4H6N2/c1-26-19-10-7-14(22(28)13-5-8-15(23)9-6-13)11-17(19)16(12-21(26)27)18-3-2-4-20(24)25-18;1-6-3-2-5-4-6/h2-12,22,28H,1H3;2-4H,1H3. The Labute approximate surface area is 206 Å². The number of aliphatic hydroxyl groups is 1. The highest BCUT2D eigenvalue weighted by atomic mass is 35.5. The van der Waals surface area contributed by atoms with Gasteiger partial charge < -0.3 is 14.2 Å². The van der Waals surface area contributed by atoms with Crippen molar-refractivity contribution in [3.05, 3.63) is 117 Å². The normalized spacial score (nSPS) is 11.7. The molecular weight excluding hydrogens is 471 g/mol. The van der Waals surface area contributed by atoms with Crippen LogP contribution in [0, 0.1) is 0 Å². The Bertz CT molecular complexity index is 1480. The minimum absolute atomic E-state index is 0.143. The fraction of sp³-hybridized carbons (Fsp3) is 0.115. The Morgan fingerprint density at radius 1 is 0.941 bits per heavy atom. The fourth-order valence-electron chi connectivity index (χ4n) is 3.58. The van der Waals surface area contributed by atoms with Crippen LogP contribution in [-0.4, -0.2) is 24.2 Å². The van der Waals surface area contributed by atoms with Gasteiger partial charge in [-0.05, 0) is 47.5 Å². The van der Waals surface area contributed by atoms with E-state index in [-0.39, 0.29) is 5.56 Å². The Hall–Kier alpha value is -3.45. The summed E-state index contributed by atoms with van der Waals surface area (Å²) in [7, 11) is 3.65. The van der Waals surface area contributed by atoms with Crippen LogP contribution < -0.4 is 5.56 Å². The molecule has 172 valence electrons. The number of aromatic nitrogens is 4. The first-order valence-corrected chi connectivity index (χ1v) is 11.2. The van der Waals surface area contributed by atoms with Crippen LogP contribution in [0.2, 0.25) is 10.2 Å². The molecule has 0 aliphatic rings. The minimum atomic E-state index is -0.820. The molecule has 1 N–H and O–H groups in total. The number of fused-ring (bicyclic) bond motifs is 1. The number of aliphatic hydroxyl groups excluding tert-OH is 1. The van der Waals surface area contributed by atoms with Gasteiger partial charge in [0.25, 0.3) is 5.56 Å². The number of halogens is 2. The van der Waals surface area contributed by atoms with Crippen LogP contribution in [0.1, 0.15) is 17.2 Å². The van der Waals surface area contributed by atoms with Crippen LogP contribution in [0.3, 0.4) is 0 Å². The molecule has 5 rings (SSSR count). The van der Waals surface area contributed by atoms with E-state index < -0.39 is 6.10 Å². The average molecular weight is 493 g/mol. The molecule has 8 heteroatoms. The summed E-state index contributed by atoms with van der Waals surface area (Å²) in [5.41, 5.74) is 3.32. The van der Waals surface area contributed by atoms with Gasteiger partial charge in [0.05, 0.1) is 17.5 Å². The van der Waals surface area contributed by atoms with E-state index in [2.05, 4.69) is 9.97 Å². The monoisotopic (exact) mass is 492 g/mol. The van der Waals surface area contributed by atoms with Gasteiger partial charge in [0.2, 0.25) is 0 Å². The Morgan fingerprint density at radius 3 is 2.29 bits per heavy atom. The van der Waals surface area contributed by atoms with Crippen molar-refractivity contribution >= 4 is 34.1 Å². The maximum atomic E-state index is 12.4. The number of pyridine rings is 2. The SMILES string of the molecule is Cn1c(=O)cc(-c2cccc(Cl)n2)c2cc(C(O)c3ccc(Cl)cc3)ccc21.Cn1ccnc1. The fourth-order valence-corrected chi connectivity index (χ4v) is 3.87. The summed E-state index contributed by atoms with van der Waals surface area (Å²) in [6, 6.07) is 19.4. The van der Waals surface area contributed by atoms with Gasteiger partial charge in [-0.25, -0.2) is 9.97 Å². The Morgan fingerprint density at radius 2 is 1.68 bits per heavy atom. The number of nitrogens with zero attached hydrogens (tertiary/aromatic N) is 4. The second-order valence-corrected chi connectivity index (χ2v) is 8.58. The largest absolute Gasteiger partial charge is 0.384 e. The molecule has 34 heavy (non-hydrogen) atoms. The van der Waals surface area contributed by atoms with Crippen molar-refractivity contribution in [2.24, 2.45) is 14.1 Å². The average Bonchev–Trinajstić information content (AvgIpc) is 3.32. The second-order valence-electron chi connectivity index (χ2n) is 7.76. The molecule has 0 saturated carbocycles. The van der Waals surface area contributed by atoms with E-state index in [0.29, 0.717) is 27.0 Å². The van der Waals surface area contributed by atoms with Gasteiger partial charge in [-0.1, -0.05) is 47.5 Å². The van der Waals surface area contributed by atoms with Gasteiger partial charge in [0, 0.05) is 48.5 Å². The van der Waals surface area contributed by atoms with E-state index in [1.807, 2.05) is 42.1 Å². The van der Waals surface area contributed by atoms with Crippen molar-refractivity contribution < 1.29 is 5.11 Å². The highest BCUT2D eigenvalue weighted by Crippen LogP contribution is 2.31. The topological polar surface area (TPSA) is 72.9 Å². The minimum Gasteiger partial charge on any atom is -0.384 e. The second kappa shape index (κ2) is 10.2. The molecule has 1 atom stereocenters. The first-order valence-electron chi connectivity index (χ1n) is 10.5. The number of rotatable bonds is 3. The molecule has 1 unspecified atom stereocenters. The maximum Gasteiger partial charge on any atom is 0.251 e. The van der Waals surface area contributed by atoms with Gasteiger partial charge in [-0.3, -0.25) is 4.79 Å². The molecule has 0 fully saturated rings. The van der Waals surface area contributed by atoms with Crippen LogP contribution in [-0.2, 0) is 14.1 Å². The lowest BCUT2D eigenvalue weighted by molar-refractivity contribution is 0.220. The van der Waals surface area contributed by atoms with E-state index >= 15 is 0 Å². The lowest BCUT2D eigenvalue weighted by Gasteiger charge is -2.15. The number of hydrogen-bond acceptors (Lipinski definition) is 4. The van der Waals surface area contributed by atoms with E-state index in [0.717, 1.165) is 16.5 Å². The summed E-state index contributed by atoms with van der Waals surface area (Å²) in [5, 5.41) is 12.6. The Balaban J connectivity index is 0.000000398. The molecule has 2 aromatic carbocycles. The third kappa shape index (κ3) is 5.20. The summed E-state index contributed by atoms with van der Waals surface area (Å²) in [5.74, 6) is 0. The molecule has 0 aliphatic carbocycles. The smallest absolute Gasteiger partial charge is 0.251 e. The molecule has 0 spiro atoms. The zero-order chi connectivity index (χ0) is 24.2. The molecule has 3 heterocycles. The van der Waals surface area contributed by atoms with Crippen LogP contribution in [0.25, 0.3) is 22.2 Å². The summed E-state index contributed by atoms with van der Waals surface area (Å²) >= 11 is 12.0. The summed E-state index contributed by atoms with van der Waals surface area (Å²) in [4.78, 5) is 20.6. The number of benzene rings is 2. The van der Waals surface area contributed by atoms with E-state index in [1.54, 1.807) is 66.6 Å². The molecule has 3 aromatic heterocycles. The predicted octanol–water partition coefficient (Wildman–Crippen LogP) is 5.41. The van der Waals surface area contributed by atoms with E-state index in [4.69, 9.17) is 23.2 Å². The van der Waals surface area contributed by atoms with Crippen molar-refractivity contribution in [2.75, 3.05) is 0 Å². The first kappa shape index (κ1) is 23.7. The summed E-state index contributed by atoms with van der Waals surface area (Å²) in [6.45, 7) is 0. The molecule has 5 aromatic rings. The first-order chi connectivity index (χ1) is 16.3. The van der Waals surface area contributed by atoms with Crippen LogP contribution in [0.5, 0.6) is 0 Å². The lowest BCUT2D eigenvalue weighted by atomic mass is 9.97. The van der Waals surface area contributed by atoms with Gasteiger partial charge in [-0.2, -0.15) is 0 Å². The van der Waals surface area contributed by atoms with Crippen molar-refractivity contribution in [1.29, 1.82) is 0 Å². The van der Waals surface area contributed by atoms with Gasteiger partial charge in [0.1, 0.15) is 11.3 Å². The predicted molar refractivity (Wildman–Crippen MR) is 136 cm³/mol. The highest BCUT2D eigenvalue weighted by molar-refractivity contribution is 6.30. The molecule has 6 nitrogen and oxygen atoms in total. The van der Waals surface area contributed by atoms with Crippen LogP contribution >= 0.6 is 23.2 Å². The van der Waals surface area contributed by atoms with E-state index in [9.17, 15) is 9.90 Å². The van der Waals surface area contributed by atoms with Gasteiger partial charge in [-0.15, -0.1) is 0 Å². The quantitative estimate of drug-likeness (QED) is 0.341. The zero-order valence-corrected chi connectivity index (χ0v) is 20.1. The van der Waals surface area contributed by atoms with Crippen molar-refractivity contribution in [1.82, 2.24) is 19.1 Å². The maximum absolute atomic E-state index is 12.4. The number of hydrogen-bond donors (Lipinski definition) is 1. The van der Waals surface area contributed by atoms with Crippen LogP contribution in [0.15, 0.2) is 90.2 Å². The molecule has 0 aliphatic heterocycles. The summed E-state index contributed by atoms with van der Waals surface area (Å²) in [6.07, 6.45) is 4.57. The van der Waals surface area contributed by atoms with Crippen LogP contribution in [0.4, 0.5) is 0 Å². The molecule has 0 saturated heterocycles.